The smallest absolute Gasteiger partial charge is 0.221 e. The van der Waals surface area contributed by atoms with Gasteiger partial charge in [0.2, 0.25) is 5.91 Å². The highest BCUT2D eigenvalue weighted by atomic mass is 32.2. The second kappa shape index (κ2) is 6.17. The van der Waals surface area contributed by atoms with Gasteiger partial charge in [0.05, 0.1) is 0 Å². The van der Waals surface area contributed by atoms with Gasteiger partial charge in [-0.25, -0.2) is 15.8 Å². The Bertz CT molecular complexity index is 573. The molecule has 0 saturated heterocycles. The molecule has 0 atom stereocenters. The number of hydrazine groups is 1. The third kappa shape index (κ3) is 3.94. The van der Waals surface area contributed by atoms with Crippen LogP contribution < -0.4 is 16.6 Å². The van der Waals surface area contributed by atoms with E-state index in [9.17, 15) is 4.79 Å². The van der Waals surface area contributed by atoms with Crippen molar-refractivity contribution in [2.75, 3.05) is 10.7 Å². The molecule has 0 spiro atoms. The lowest BCUT2D eigenvalue weighted by atomic mass is 10.3. The molecule has 6 nitrogen and oxygen atoms in total. The third-order valence-corrected chi connectivity index (χ3v) is 3.13. The van der Waals surface area contributed by atoms with E-state index in [2.05, 4.69) is 20.7 Å². The van der Waals surface area contributed by atoms with Crippen molar-refractivity contribution in [2.24, 2.45) is 5.84 Å². The SMILES string of the molecule is CC(=O)Nc1ccc(Sc2cc(NN)ncn2)cc1. The van der Waals surface area contributed by atoms with E-state index in [1.165, 1.54) is 25.0 Å². The maximum atomic E-state index is 10.9. The summed E-state index contributed by atoms with van der Waals surface area (Å²) in [7, 11) is 0. The van der Waals surface area contributed by atoms with Crippen molar-refractivity contribution in [1.82, 2.24) is 9.97 Å². The number of amides is 1. The fourth-order valence-corrected chi connectivity index (χ4v) is 2.19. The first-order valence-electron chi connectivity index (χ1n) is 5.51. The molecule has 0 saturated carbocycles. The van der Waals surface area contributed by atoms with E-state index < -0.39 is 0 Å². The van der Waals surface area contributed by atoms with Gasteiger partial charge in [0.1, 0.15) is 17.2 Å². The summed E-state index contributed by atoms with van der Waals surface area (Å²) in [4.78, 5) is 20.0. The van der Waals surface area contributed by atoms with Crippen molar-refractivity contribution in [3.63, 3.8) is 0 Å². The topological polar surface area (TPSA) is 92.9 Å². The monoisotopic (exact) mass is 275 g/mol. The maximum absolute atomic E-state index is 10.9. The summed E-state index contributed by atoms with van der Waals surface area (Å²) >= 11 is 1.49. The van der Waals surface area contributed by atoms with Gasteiger partial charge in [-0.15, -0.1) is 0 Å². The Labute approximate surface area is 114 Å². The molecular formula is C12H13N5OS. The van der Waals surface area contributed by atoms with Crippen molar-refractivity contribution in [2.45, 2.75) is 16.8 Å². The van der Waals surface area contributed by atoms with Gasteiger partial charge in [-0.05, 0) is 24.3 Å². The van der Waals surface area contributed by atoms with Crippen molar-refractivity contribution in [1.29, 1.82) is 0 Å². The Hall–Kier alpha value is -2.12. The average molecular weight is 275 g/mol. The van der Waals surface area contributed by atoms with Crippen molar-refractivity contribution >= 4 is 29.2 Å². The number of carbonyl (C=O) groups is 1. The van der Waals surface area contributed by atoms with Crippen LogP contribution in [0.15, 0.2) is 46.6 Å². The number of nitrogens with two attached hydrogens (primary N) is 1. The van der Waals surface area contributed by atoms with Gasteiger partial charge in [0.15, 0.2) is 0 Å². The third-order valence-electron chi connectivity index (χ3n) is 2.19. The standard InChI is InChI=1S/C12H13N5OS/c1-8(18)16-9-2-4-10(5-3-9)19-12-6-11(17-13)14-7-15-12/h2-7H,13H2,1H3,(H,16,18)(H,14,15,17). The number of nitrogens with one attached hydrogen (secondary N) is 2. The molecule has 0 aliphatic heterocycles. The minimum atomic E-state index is -0.0881. The zero-order valence-corrected chi connectivity index (χ0v) is 11.1. The highest BCUT2D eigenvalue weighted by Crippen LogP contribution is 2.27. The fraction of sp³-hybridized carbons (Fsp3) is 0.0833. The number of nitrogen functional groups attached to an aromatic ring is 1. The largest absolute Gasteiger partial charge is 0.326 e. The first-order chi connectivity index (χ1) is 9.17. The van der Waals surface area contributed by atoms with Gasteiger partial charge in [0, 0.05) is 23.6 Å². The van der Waals surface area contributed by atoms with Gasteiger partial charge in [-0.3, -0.25) is 4.79 Å². The lowest BCUT2D eigenvalue weighted by Gasteiger charge is -2.05. The summed E-state index contributed by atoms with van der Waals surface area (Å²) < 4.78 is 0. The van der Waals surface area contributed by atoms with Crippen LogP contribution in [0, 0.1) is 0 Å². The van der Waals surface area contributed by atoms with Crippen LogP contribution in [0.2, 0.25) is 0 Å². The lowest BCUT2D eigenvalue weighted by molar-refractivity contribution is -0.114. The van der Waals surface area contributed by atoms with Gasteiger partial charge < -0.3 is 10.7 Å². The molecule has 1 heterocycles. The molecular weight excluding hydrogens is 262 g/mol. The quantitative estimate of drug-likeness (QED) is 0.448. The first-order valence-corrected chi connectivity index (χ1v) is 6.33. The molecule has 0 bridgehead atoms. The number of hydrogen-bond donors (Lipinski definition) is 3. The molecule has 2 aromatic rings. The van der Waals surface area contributed by atoms with Gasteiger partial charge in [-0.1, -0.05) is 11.8 Å². The van der Waals surface area contributed by atoms with Crippen LogP contribution in [0.4, 0.5) is 11.5 Å². The van der Waals surface area contributed by atoms with E-state index in [1.807, 2.05) is 24.3 Å². The molecule has 2 rings (SSSR count). The number of benzene rings is 1. The zero-order valence-electron chi connectivity index (χ0n) is 10.3. The van der Waals surface area contributed by atoms with E-state index in [0.717, 1.165) is 15.6 Å². The van der Waals surface area contributed by atoms with E-state index in [0.29, 0.717) is 5.82 Å². The van der Waals surface area contributed by atoms with Crippen molar-refractivity contribution in [3.8, 4) is 0 Å². The molecule has 1 aromatic heterocycles. The van der Waals surface area contributed by atoms with Crippen LogP contribution in [-0.2, 0) is 4.79 Å². The molecule has 0 radical (unpaired) electrons. The molecule has 98 valence electrons. The summed E-state index contributed by atoms with van der Waals surface area (Å²) in [6, 6.07) is 9.26. The van der Waals surface area contributed by atoms with Crippen LogP contribution in [0.5, 0.6) is 0 Å². The first kappa shape index (κ1) is 13.3. The van der Waals surface area contributed by atoms with E-state index >= 15 is 0 Å². The molecule has 4 N–H and O–H groups in total. The van der Waals surface area contributed by atoms with Crippen LogP contribution >= 0.6 is 11.8 Å². The highest BCUT2D eigenvalue weighted by Gasteiger charge is 2.02. The van der Waals surface area contributed by atoms with E-state index in [1.54, 1.807) is 6.07 Å². The second-order valence-electron chi connectivity index (χ2n) is 3.69. The Kier molecular flexibility index (Phi) is 4.32. The Morgan fingerprint density at radius 2 is 2.00 bits per heavy atom. The molecule has 7 heteroatoms. The predicted octanol–water partition coefficient (Wildman–Crippen LogP) is 1.87. The average Bonchev–Trinajstić information content (AvgIpc) is 2.41. The van der Waals surface area contributed by atoms with Gasteiger partial charge in [0.25, 0.3) is 0 Å². The minimum Gasteiger partial charge on any atom is -0.326 e. The normalized spacial score (nSPS) is 10.0. The number of carbonyl (C=O) groups excluding carboxylic acids is 1. The molecule has 1 aromatic carbocycles. The zero-order chi connectivity index (χ0) is 13.7. The molecule has 0 fully saturated rings. The Morgan fingerprint density at radius 3 is 2.63 bits per heavy atom. The Morgan fingerprint density at radius 1 is 1.26 bits per heavy atom. The minimum absolute atomic E-state index is 0.0881. The van der Waals surface area contributed by atoms with Gasteiger partial charge >= 0.3 is 0 Å². The van der Waals surface area contributed by atoms with E-state index in [-0.39, 0.29) is 5.91 Å². The Balaban J connectivity index is 2.08. The number of rotatable bonds is 4. The lowest BCUT2D eigenvalue weighted by Crippen LogP contribution is -2.08. The summed E-state index contributed by atoms with van der Waals surface area (Å²) in [5.41, 5.74) is 3.24. The summed E-state index contributed by atoms with van der Waals surface area (Å²) in [6.45, 7) is 1.48. The van der Waals surface area contributed by atoms with E-state index in [4.69, 9.17) is 5.84 Å². The molecule has 0 unspecified atom stereocenters. The molecule has 1 amide bonds. The second-order valence-corrected chi connectivity index (χ2v) is 4.79. The fourth-order valence-electron chi connectivity index (χ4n) is 1.40. The summed E-state index contributed by atoms with van der Waals surface area (Å²) in [5.74, 6) is 5.76. The number of hydrogen-bond acceptors (Lipinski definition) is 6. The summed E-state index contributed by atoms with van der Waals surface area (Å²) in [6.07, 6.45) is 1.45. The van der Waals surface area contributed by atoms with Crippen molar-refractivity contribution in [3.05, 3.63) is 36.7 Å². The van der Waals surface area contributed by atoms with Crippen molar-refractivity contribution < 1.29 is 4.79 Å². The van der Waals surface area contributed by atoms with Crippen LogP contribution in [0.1, 0.15) is 6.92 Å². The number of nitrogens with zero attached hydrogens (tertiary/aromatic N) is 2. The molecule has 19 heavy (non-hydrogen) atoms. The molecule has 0 aliphatic carbocycles. The number of anilines is 2. The van der Waals surface area contributed by atoms with Crippen LogP contribution in [0.25, 0.3) is 0 Å². The molecule has 0 aliphatic rings. The van der Waals surface area contributed by atoms with Crippen LogP contribution in [-0.4, -0.2) is 15.9 Å². The van der Waals surface area contributed by atoms with Crippen LogP contribution in [0.3, 0.4) is 0 Å². The number of aromatic nitrogens is 2. The maximum Gasteiger partial charge on any atom is 0.221 e. The van der Waals surface area contributed by atoms with Gasteiger partial charge in [-0.2, -0.15) is 0 Å². The predicted molar refractivity (Wildman–Crippen MR) is 74.7 cm³/mol. The highest BCUT2D eigenvalue weighted by molar-refractivity contribution is 7.99. The summed E-state index contributed by atoms with van der Waals surface area (Å²) in [5, 5.41) is 3.50.